The van der Waals surface area contributed by atoms with Gasteiger partial charge >= 0.3 is 0 Å². The minimum absolute atomic E-state index is 0.0377. The van der Waals surface area contributed by atoms with Crippen LogP contribution in [0.1, 0.15) is 38.5 Å². The number of rotatable bonds is 5. The van der Waals surface area contributed by atoms with E-state index < -0.39 is 4.92 Å². The van der Waals surface area contributed by atoms with Crippen molar-refractivity contribution in [1.82, 2.24) is 0 Å². The van der Waals surface area contributed by atoms with Crippen LogP contribution in [0.2, 0.25) is 5.02 Å². The van der Waals surface area contributed by atoms with Gasteiger partial charge in [0.05, 0.1) is 4.92 Å². The number of anilines is 1. The molecular weight excluding hydrogens is 264 g/mol. The molecule has 1 saturated carbocycles. The number of nitro benzene ring substituents is 1. The molecule has 0 bridgehead atoms. The van der Waals surface area contributed by atoms with Gasteiger partial charge in [-0.2, -0.15) is 0 Å². The van der Waals surface area contributed by atoms with Crippen LogP contribution in [0.3, 0.4) is 0 Å². The molecule has 0 atom stereocenters. The molecule has 2 rings (SSSR count). The van der Waals surface area contributed by atoms with Gasteiger partial charge in [-0.05, 0) is 24.5 Å². The van der Waals surface area contributed by atoms with Crippen LogP contribution in [0.4, 0.5) is 11.4 Å². The number of nitro groups is 1. The van der Waals surface area contributed by atoms with Crippen LogP contribution in [-0.2, 0) is 0 Å². The van der Waals surface area contributed by atoms with Crippen LogP contribution in [0.25, 0.3) is 0 Å². The summed E-state index contributed by atoms with van der Waals surface area (Å²) in [5.74, 6) is 0.809. The Morgan fingerprint density at radius 1 is 1.32 bits per heavy atom. The van der Waals surface area contributed by atoms with Crippen LogP contribution in [0.5, 0.6) is 0 Å². The van der Waals surface area contributed by atoms with Gasteiger partial charge in [-0.25, -0.2) is 0 Å². The number of nitrogens with zero attached hydrogens (tertiary/aromatic N) is 1. The Bertz CT molecular complexity index is 445. The number of benzene rings is 1. The van der Waals surface area contributed by atoms with Crippen molar-refractivity contribution in [3.05, 3.63) is 33.3 Å². The molecule has 0 amide bonds. The van der Waals surface area contributed by atoms with Crippen LogP contribution < -0.4 is 5.32 Å². The van der Waals surface area contributed by atoms with Gasteiger partial charge in [-0.15, -0.1) is 0 Å². The second kappa shape index (κ2) is 6.75. The van der Waals surface area contributed by atoms with E-state index in [9.17, 15) is 10.1 Å². The molecule has 1 aliphatic carbocycles. The second-order valence-electron chi connectivity index (χ2n) is 5.14. The first kappa shape index (κ1) is 14.1. The number of hydrogen-bond acceptors (Lipinski definition) is 3. The van der Waals surface area contributed by atoms with E-state index in [1.807, 2.05) is 0 Å². The van der Waals surface area contributed by atoms with E-state index in [1.54, 1.807) is 12.1 Å². The van der Waals surface area contributed by atoms with E-state index in [4.69, 9.17) is 11.6 Å². The molecule has 0 aromatic heterocycles. The first-order chi connectivity index (χ1) is 9.16. The minimum atomic E-state index is -0.450. The fourth-order valence-electron chi connectivity index (χ4n) is 2.66. The lowest BCUT2D eigenvalue weighted by Crippen LogP contribution is -2.12. The molecule has 19 heavy (non-hydrogen) atoms. The van der Waals surface area contributed by atoms with E-state index >= 15 is 0 Å². The molecule has 4 nitrogen and oxygen atoms in total. The van der Waals surface area contributed by atoms with Crippen molar-refractivity contribution in [1.29, 1.82) is 0 Å². The molecule has 0 unspecified atom stereocenters. The summed E-state index contributed by atoms with van der Waals surface area (Å²) in [7, 11) is 0. The van der Waals surface area contributed by atoms with Crippen molar-refractivity contribution in [2.75, 3.05) is 11.9 Å². The van der Waals surface area contributed by atoms with Gasteiger partial charge in [-0.1, -0.05) is 43.7 Å². The van der Waals surface area contributed by atoms with E-state index in [2.05, 4.69) is 5.32 Å². The molecule has 0 heterocycles. The maximum absolute atomic E-state index is 10.8. The Labute approximate surface area is 118 Å². The SMILES string of the molecule is O=[N+]([O-])c1cc(NCCC2CCCCC2)ccc1Cl. The molecule has 0 spiro atoms. The highest BCUT2D eigenvalue weighted by Crippen LogP contribution is 2.28. The summed E-state index contributed by atoms with van der Waals surface area (Å²) in [5.41, 5.74) is 0.733. The average molecular weight is 283 g/mol. The zero-order chi connectivity index (χ0) is 13.7. The molecule has 104 valence electrons. The standard InChI is InChI=1S/C14H19ClN2O2/c15-13-7-6-12(10-14(13)17(18)19)16-9-8-11-4-2-1-3-5-11/h6-7,10-11,16H,1-5,8-9H2. The number of halogens is 1. The van der Waals surface area contributed by atoms with Gasteiger partial charge in [0.15, 0.2) is 0 Å². The summed E-state index contributed by atoms with van der Waals surface area (Å²) >= 11 is 5.78. The normalized spacial score (nSPS) is 16.3. The molecular formula is C14H19ClN2O2. The van der Waals surface area contributed by atoms with E-state index in [1.165, 1.54) is 38.2 Å². The van der Waals surface area contributed by atoms with Crippen molar-refractivity contribution >= 4 is 23.0 Å². The Morgan fingerprint density at radius 3 is 2.74 bits per heavy atom. The van der Waals surface area contributed by atoms with Crippen LogP contribution >= 0.6 is 11.6 Å². The third-order valence-corrected chi connectivity index (χ3v) is 4.07. The van der Waals surface area contributed by atoms with Gasteiger partial charge < -0.3 is 5.32 Å². The average Bonchev–Trinajstić information content (AvgIpc) is 2.41. The molecule has 1 N–H and O–H groups in total. The summed E-state index contributed by atoms with van der Waals surface area (Å²) in [4.78, 5) is 10.3. The van der Waals surface area contributed by atoms with Gasteiger partial charge in [0, 0.05) is 18.3 Å². The highest BCUT2D eigenvalue weighted by atomic mass is 35.5. The van der Waals surface area contributed by atoms with E-state index in [-0.39, 0.29) is 10.7 Å². The Morgan fingerprint density at radius 2 is 2.05 bits per heavy atom. The summed E-state index contributed by atoms with van der Waals surface area (Å²) in [6, 6.07) is 4.86. The Balaban J connectivity index is 1.85. The quantitative estimate of drug-likeness (QED) is 0.633. The molecule has 0 saturated heterocycles. The van der Waals surface area contributed by atoms with Gasteiger partial charge in [0.1, 0.15) is 5.02 Å². The fraction of sp³-hybridized carbons (Fsp3) is 0.571. The highest BCUT2D eigenvalue weighted by Gasteiger charge is 2.14. The van der Waals surface area contributed by atoms with Crippen LogP contribution in [0, 0.1) is 16.0 Å². The zero-order valence-corrected chi connectivity index (χ0v) is 11.7. The van der Waals surface area contributed by atoms with Gasteiger partial charge in [0.25, 0.3) is 5.69 Å². The van der Waals surface area contributed by atoms with Crippen molar-refractivity contribution in [3.63, 3.8) is 0 Å². The number of nitrogens with one attached hydrogen (secondary N) is 1. The molecule has 1 aromatic carbocycles. The third-order valence-electron chi connectivity index (χ3n) is 3.75. The molecule has 1 aromatic rings. The topological polar surface area (TPSA) is 55.2 Å². The largest absolute Gasteiger partial charge is 0.385 e. The summed E-state index contributed by atoms with van der Waals surface area (Å²) in [5, 5.41) is 14.2. The lowest BCUT2D eigenvalue weighted by molar-refractivity contribution is -0.384. The summed E-state index contributed by atoms with van der Waals surface area (Å²) < 4.78 is 0. The zero-order valence-electron chi connectivity index (χ0n) is 10.9. The van der Waals surface area contributed by atoms with E-state index in [0.717, 1.165) is 24.6 Å². The molecule has 5 heteroatoms. The van der Waals surface area contributed by atoms with Gasteiger partial charge in [0.2, 0.25) is 0 Å². The molecule has 0 radical (unpaired) electrons. The predicted molar refractivity (Wildman–Crippen MR) is 77.8 cm³/mol. The molecule has 1 fully saturated rings. The first-order valence-electron chi connectivity index (χ1n) is 6.84. The second-order valence-corrected chi connectivity index (χ2v) is 5.55. The van der Waals surface area contributed by atoms with Crippen molar-refractivity contribution in [2.24, 2.45) is 5.92 Å². The maximum atomic E-state index is 10.8. The van der Waals surface area contributed by atoms with E-state index in [0.29, 0.717) is 0 Å². The first-order valence-corrected chi connectivity index (χ1v) is 7.22. The predicted octanol–water partition coefficient (Wildman–Crippen LogP) is 4.63. The lowest BCUT2D eigenvalue weighted by atomic mass is 9.87. The van der Waals surface area contributed by atoms with Crippen molar-refractivity contribution in [2.45, 2.75) is 38.5 Å². The summed E-state index contributed by atoms with van der Waals surface area (Å²) in [6.07, 6.45) is 7.84. The monoisotopic (exact) mass is 282 g/mol. The number of hydrogen-bond donors (Lipinski definition) is 1. The van der Waals surface area contributed by atoms with Crippen molar-refractivity contribution < 1.29 is 4.92 Å². The molecule has 0 aliphatic heterocycles. The van der Waals surface area contributed by atoms with Crippen LogP contribution in [-0.4, -0.2) is 11.5 Å². The third kappa shape index (κ3) is 4.10. The smallest absolute Gasteiger partial charge is 0.289 e. The maximum Gasteiger partial charge on any atom is 0.289 e. The minimum Gasteiger partial charge on any atom is -0.385 e. The summed E-state index contributed by atoms with van der Waals surface area (Å²) in [6.45, 7) is 0.865. The lowest BCUT2D eigenvalue weighted by Gasteiger charge is -2.21. The highest BCUT2D eigenvalue weighted by molar-refractivity contribution is 6.32. The fourth-order valence-corrected chi connectivity index (χ4v) is 2.85. The Kier molecular flexibility index (Phi) is 5.02. The van der Waals surface area contributed by atoms with Gasteiger partial charge in [-0.3, -0.25) is 10.1 Å². The van der Waals surface area contributed by atoms with Crippen molar-refractivity contribution in [3.8, 4) is 0 Å². The Hall–Kier alpha value is -1.29. The van der Waals surface area contributed by atoms with Crippen LogP contribution in [0.15, 0.2) is 18.2 Å². The molecule has 1 aliphatic rings.